The van der Waals surface area contributed by atoms with E-state index in [1.807, 2.05) is 34.3 Å². The molecule has 19 heavy (non-hydrogen) atoms. The van der Waals surface area contributed by atoms with Crippen molar-refractivity contribution in [2.24, 2.45) is 0 Å². The summed E-state index contributed by atoms with van der Waals surface area (Å²) in [6.07, 6.45) is 3.68. The molecule has 0 aliphatic heterocycles. The third-order valence-electron chi connectivity index (χ3n) is 2.86. The van der Waals surface area contributed by atoms with Crippen LogP contribution in [0.4, 0.5) is 0 Å². The third-order valence-corrected chi connectivity index (χ3v) is 4.47. The van der Waals surface area contributed by atoms with Gasteiger partial charge < -0.3 is 5.11 Å². The van der Waals surface area contributed by atoms with Gasteiger partial charge in [0.2, 0.25) is 0 Å². The van der Waals surface area contributed by atoms with E-state index in [9.17, 15) is 5.11 Å². The van der Waals surface area contributed by atoms with Crippen LogP contribution in [0.2, 0.25) is 5.02 Å². The maximum Gasteiger partial charge on any atom is 0.193 e. The Hall–Kier alpha value is -0.880. The molecule has 0 saturated heterocycles. The van der Waals surface area contributed by atoms with Crippen molar-refractivity contribution >= 4 is 43.8 Å². The molecule has 2 heterocycles. The van der Waals surface area contributed by atoms with Crippen LogP contribution in [0.15, 0.2) is 40.4 Å². The number of hydrogen-bond acceptors (Lipinski definition) is 3. The highest BCUT2D eigenvalue weighted by molar-refractivity contribution is 9.10. The molecule has 6 heteroatoms. The van der Waals surface area contributed by atoms with Crippen LogP contribution in [0.5, 0.6) is 0 Å². The van der Waals surface area contributed by atoms with Gasteiger partial charge in [-0.3, -0.25) is 4.40 Å². The fraction of sp³-hybridized carbons (Fsp3) is 0.154. The molecular weight excluding hydrogens is 348 g/mol. The lowest BCUT2D eigenvalue weighted by Crippen LogP contribution is -2.03. The zero-order valence-electron chi connectivity index (χ0n) is 9.75. The summed E-state index contributed by atoms with van der Waals surface area (Å²) in [5.74, 6) is 0. The van der Waals surface area contributed by atoms with E-state index in [1.165, 1.54) is 0 Å². The van der Waals surface area contributed by atoms with Gasteiger partial charge in [-0.15, -0.1) is 11.3 Å². The van der Waals surface area contributed by atoms with Gasteiger partial charge in [-0.2, -0.15) is 0 Å². The van der Waals surface area contributed by atoms with Crippen LogP contribution in [0.25, 0.3) is 4.96 Å². The minimum Gasteiger partial charge on any atom is -0.388 e. The monoisotopic (exact) mass is 356 g/mol. The van der Waals surface area contributed by atoms with Crippen LogP contribution >= 0.6 is 38.9 Å². The number of halogens is 2. The Labute approximate surface area is 127 Å². The molecule has 0 saturated carbocycles. The number of aromatic nitrogens is 2. The molecule has 2 aromatic heterocycles. The Balaban J connectivity index is 1.86. The van der Waals surface area contributed by atoms with E-state index < -0.39 is 6.10 Å². The van der Waals surface area contributed by atoms with Gasteiger partial charge in [-0.25, -0.2) is 4.98 Å². The summed E-state index contributed by atoms with van der Waals surface area (Å²) >= 11 is 11.1. The van der Waals surface area contributed by atoms with Gasteiger partial charge in [0.15, 0.2) is 4.96 Å². The molecule has 0 aliphatic rings. The van der Waals surface area contributed by atoms with Crippen LogP contribution in [-0.4, -0.2) is 14.5 Å². The molecule has 0 radical (unpaired) electrons. The van der Waals surface area contributed by atoms with E-state index >= 15 is 0 Å². The smallest absolute Gasteiger partial charge is 0.193 e. The Kier molecular flexibility index (Phi) is 3.62. The first-order valence-electron chi connectivity index (χ1n) is 5.67. The van der Waals surface area contributed by atoms with Crippen molar-refractivity contribution in [3.05, 3.63) is 56.7 Å². The molecule has 0 fully saturated rings. The lowest BCUT2D eigenvalue weighted by atomic mass is 10.1. The summed E-state index contributed by atoms with van der Waals surface area (Å²) in [4.78, 5) is 5.39. The second-order valence-corrected chi connectivity index (χ2v) is 6.41. The summed E-state index contributed by atoms with van der Waals surface area (Å²) in [5.41, 5.74) is 1.57. The van der Waals surface area contributed by atoms with Crippen molar-refractivity contribution in [2.45, 2.75) is 12.5 Å². The number of fused-ring (bicyclic) bond motifs is 1. The normalized spacial score (nSPS) is 13.0. The standard InChI is InChI=1S/C13H10BrClN2OS/c14-8-1-2-11(15)10(5-8)12(18)6-9-7-17-3-4-19-13(17)16-9/h1-5,7,12,18H,6H2. The average Bonchev–Trinajstić information content (AvgIpc) is 2.92. The predicted molar refractivity (Wildman–Crippen MR) is 80.9 cm³/mol. The molecule has 0 aliphatic carbocycles. The molecule has 3 rings (SSSR count). The van der Waals surface area contributed by atoms with E-state index in [0.717, 1.165) is 15.1 Å². The summed E-state index contributed by atoms with van der Waals surface area (Å²) in [6.45, 7) is 0. The van der Waals surface area contributed by atoms with Gasteiger partial charge in [-0.05, 0) is 18.2 Å². The average molecular weight is 358 g/mol. The number of aliphatic hydroxyl groups is 1. The third kappa shape index (κ3) is 2.69. The molecule has 0 bridgehead atoms. The number of benzene rings is 1. The first kappa shape index (κ1) is 13.1. The SMILES string of the molecule is OC(Cc1cn2ccsc2n1)c1cc(Br)ccc1Cl. The summed E-state index contributed by atoms with van der Waals surface area (Å²) < 4.78 is 2.85. The van der Waals surface area contributed by atoms with Crippen molar-refractivity contribution in [3.8, 4) is 0 Å². The van der Waals surface area contributed by atoms with E-state index in [1.54, 1.807) is 17.4 Å². The van der Waals surface area contributed by atoms with Crippen molar-refractivity contribution in [3.63, 3.8) is 0 Å². The number of imidazole rings is 1. The molecule has 0 amide bonds. The van der Waals surface area contributed by atoms with Gasteiger partial charge in [0.1, 0.15) is 0 Å². The first-order valence-corrected chi connectivity index (χ1v) is 7.72. The molecule has 3 nitrogen and oxygen atoms in total. The predicted octanol–water partition coefficient (Wildman–Crippen LogP) is 4.09. The highest BCUT2D eigenvalue weighted by Crippen LogP contribution is 2.28. The highest BCUT2D eigenvalue weighted by Gasteiger charge is 2.15. The van der Waals surface area contributed by atoms with Crippen molar-refractivity contribution in [2.75, 3.05) is 0 Å². The number of rotatable bonds is 3. The largest absolute Gasteiger partial charge is 0.388 e. The fourth-order valence-electron chi connectivity index (χ4n) is 1.95. The van der Waals surface area contributed by atoms with Gasteiger partial charge in [0.05, 0.1) is 11.8 Å². The number of nitrogens with zero attached hydrogens (tertiary/aromatic N) is 2. The van der Waals surface area contributed by atoms with Gasteiger partial charge in [0.25, 0.3) is 0 Å². The zero-order valence-corrected chi connectivity index (χ0v) is 12.9. The minimum atomic E-state index is -0.658. The van der Waals surface area contributed by atoms with Gasteiger partial charge in [-0.1, -0.05) is 27.5 Å². The molecule has 3 aromatic rings. The molecule has 1 aromatic carbocycles. The van der Waals surface area contributed by atoms with Crippen LogP contribution in [-0.2, 0) is 6.42 Å². The Morgan fingerprint density at radius 1 is 1.47 bits per heavy atom. The lowest BCUT2D eigenvalue weighted by Gasteiger charge is -2.11. The highest BCUT2D eigenvalue weighted by atomic mass is 79.9. The van der Waals surface area contributed by atoms with Crippen LogP contribution < -0.4 is 0 Å². The molecule has 1 N–H and O–H groups in total. The Morgan fingerprint density at radius 3 is 3.11 bits per heavy atom. The van der Waals surface area contributed by atoms with Crippen LogP contribution in [0, 0.1) is 0 Å². The Bertz CT molecular complexity index is 696. The first-order chi connectivity index (χ1) is 9.13. The molecule has 1 unspecified atom stereocenters. The molecular formula is C13H10BrClN2OS. The fourth-order valence-corrected chi connectivity index (χ4v) is 3.29. The van der Waals surface area contributed by atoms with Crippen molar-refractivity contribution in [1.82, 2.24) is 9.38 Å². The van der Waals surface area contributed by atoms with Crippen LogP contribution in [0.1, 0.15) is 17.4 Å². The second kappa shape index (κ2) is 5.25. The summed E-state index contributed by atoms with van der Waals surface area (Å²) in [7, 11) is 0. The van der Waals surface area contributed by atoms with Gasteiger partial charge >= 0.3 is 0 Å². The number of thiazole rings is 1. The minimum absolute atomic E-state index is 0.449. The molecule has 0 spiro atoms. The summed E-state index contributed by atoms with van der Waals surface area (Å²) in [6, 6.07) is 5.46. The van der Waals surface area contributed by atoms with E-state index in [-0.39, 0.29) is 0 Å². The van der Waals surface area contributed by atoms with Crippen molar-refractivity contribution in [1.29, 1.82) is 0 Å². The quantitative estimate of drug-likeness (QED) is 0.766. The molecule has 98 valence electrons. The summed E-state index contributed by atoms with van der Waals surface area (Å²) in [5, 5.41) is 12.8. The maximum absolute atomic E-state index is 10.3. The van der Waals surface area contributed by atoms with E-state index in [2.05, 4.69) is 20.9 Å². The topological polar surface area (TPSA) is 37.5 Å². The van der Waals surface area contributed by atoms with E-state index in [0.29, 0.717) is 17.0 Å². The lowest BCUT2D eigenvalue weighted by molar-refractivity contribution is 0.177. The Morgan fingerprint density at radius 2 is 2.32 bits per heavy atom. The van der Waals surface area contributed by atoms with Crippen molar-refractivity contribution < 1.29 is 5.11 Å². The number of hydrogen-bond donors (Lipinski definition) is 1. The van der Waals surface area contributed by atoms with E-state index in [4.69, 9.17) is 11.6 Å². The number of aliphatic hydroxyl groups excluding tert-OH is 1. The molecule has 1 atom stereocenters. The van der Waals surface area contributed by atoms with Gasteiger partial charge in [0, 0.05) is 39.3 Å². The zero-order chi connectivity index (χ0) is 13.4. The second-order valence-electron chi connectivity index (χ2n) is 4.21. The maximum atomic E-state index is 10.3. The van der Waals surface area contributed by atoms with Crippen LogP contribution in [0.3, 0.4) is 0 Å².